The third-order valence-corrected chi connectivity index (χ3v) is 4.10. The Morgan fingerprint density at radius 1 is 1.33 bits per heavy atom. The van der Waals surface area contributed by atoms with Crippen LogP contribution in [-0.4, -0.2) is 30.2 Å². The first-order valence-electron chi connectivity index (χ1n) is 6.68. The van der Waals surface area contributed by atoms with Gasteiger partial charge in [0, 0.05) is 24.7 Å². The summed E-state index contributed by atoms with van der Waals surface area (Å²) in [5.41, 5.74) is 0.984. The number of phenolic OH excluding ortho intramolecular Hbond substituents is 1. The first-order valence-corrected chi connectivity index (χ1v) is 6.68. The lowest BCUT2D eigenvalue weighted by Crippen LogP contribution is -2.37. The minimum Gasteiger partial charge on any atom is -0.507 e. The van der Waals surface area contributed by atoms with Gasteiger partial charge in [0.2, 0.25) is 0 Å². The van der Waals surface area contributed by atoms with Crippen LogP contribution in [0.25, 0.3) is 0 Å². The van der Waals surface area contributed by atoms with Gasteiger partial charge < -0.3 is 9.84 Å². The summed E-state index contributed by atoms with van der Waals surface area (Å²) in [5, 5.41) is 9.96. The molecule has 0 saturated carbocycles. The van der Waals surface area contributed by atoms with Crippen molar-refractivity contribution in [2.45, 2.75) is 26.8 Å². The number of methoxy groups -OCH3 is 1. The number of piperidine rings is 1. The molecule has 3 heteroatoms. The molecule has 1 aromatic rings. The molecule has 0 bridgehead atoms. The van der Waals surface area contributed by atoms with Gasteiger partial charge in [0.05, 0.1) is 7.11 Å². The molecule has 2 unspecified atom stereocenters. The van der Waals surface area contributed by atoms with Crippen molar-refractivity contribution >= 4 is 0 Å². The van der Waals surface area contributed by atoms with Crippen molar-refractivity contribution in [1.82, 2.24) is 4.90 Å². The van der Waals surface area contributed by atoms with Gasteiger partial charge in [-0.2, -0.15) is 0 Å². The molecule has 1 saturated heterocycles. The molecule has 3 nitrogen and oxygen atoms in total. The SMILES string of the molecule is COc1ccc(CN2CCC(C)C(C)C2)c(O)c1. The van der Waals surface area contributed by atoms with E-state index in [1.807, 2.05) is 12.1 Å². The predicted octanol–water partition coefficient (Wildman–Crippen LogP) is 2.88. The molecule has 1 aliphatic heterocycles. The Kier molecular flexibility index (Phi) is 4.12. The van der Waals surface area contributed by atoms with Gasteiger partial charge in [0.1, 0.15) is 11.5 Å². The van der Waals surface area contributed by atoms with Crippen LogP contribution in [0.2, 0.25) is 0 Å². The molecule has 100 valence electrons. The molecular formula is C15H23NO2. The van der Waals surface area contributed by atoms with Crippen LogP contribution in [0.1, 0.15) is 25.8 Å². The van der Waals surface area contributed by atoms with E-state index in [9.17, 15) is 5.11 Å². The van der Waals surface area contributed by atoms with Crippen LogP contribution in [0.5, 0.6) is 11.5 Å². The lowest BCUT2D eigenvalue weighted by molar-refractivity contribution is 0.131. The van der Waals surface area contributed by atoms with Gasteiger partial charge in [-0.25, -0.2) is 0 Å². The number of likely N-dealkylation sites (tertiary alicyclic amines) is 1. The van der Waals surface area contributed by atoms with E-state index in [0.29, 0.717) is 11.5 Å². The molecular weight excluding hydrogens is 226 g/mol. The Morgan fingerprint density at radius 2 is 2.11 bits per heavy atom. The molecule has 1 aliphatic rings. The van der Waals surface area contributed by atoms with Crippen molar-refractivity contribution in [3.63, 3.8) is 0 Å². The first-order chi connectivity index (χ1) is 8.60. The topological polar surface area (TPSA) is 32.7 Å². The largest absolute Gasteiger partial charge is 0.507 e. The maximum atomic E-state index is 9.96. The third kappa shape index (κ3) is 2.96. The van der Waals surface area contributed by atoms with E-state index >= 15 is 0 Å². The van der Waals surface area contributed by atoms with E-state index in [2.05, 4.69) is 18.7 Å². The van der Waals surface area contributed by atoms with Crippen LogP contribution in [0.4, 0.5) is 0 Å². The van der Waals surface area contributed by atoms with Gasteiger partial charge in [0.15, 0.2) is 0 Å². The molecule has 0 aliphatic carbocycles. The number of phenols is 1. The second-order valence-electron chi connectivity index (χ2n) is 5.47. The molecule has 2 rings (SSSR count). The summed E-state index contributed by atoms with van der Waals surface area (Å²) in [5.74, 6) is 2.59. The Bertz CT molecular complexity index is 405. The van der Waals surface area contributed by atoms with Gasteiger partial charge >= 0.3 is 0 Å². The summed E-state index contributed by atoms with van der Waals surface area (Å²) in [6.07, 6.45) is 1.25. The quantitative estimate of drug-likeness (QED) is 0.894. The van der Waals surface area contributed by atoms with E-state index in [1.165, 1.54) is 6.42 Å². The van der Waals surface area contributed by atoms with Crippen molar-refractivity contribution in [1.29, 1.82) is 0 Å². The average Bonchev–Trinajstić information content (AvgIpc) is 2.36. The number of ether oxygens (including phenoxy) is 1. The molecule has 0 spiro atoms. The maximum absolute atomic E-state index is 9.96. The monoisotopic (exact) mass is 249 g/mol. The number of hydrogen-bond donors (Lipinski definition) is 1. The fraction of sp³-hybridized carbons (Fsp3) is 0.600. The van der Waals surface area contributed by atoms with Crippen molar-refractivity contribution < 1.29 is 9.84 Å². The lowest BCUT2D eigenvalue weighted by Gasteiger charge is -2.35. The molecule has 1 heterocycles. The summed E-state index contributed by atoms with van der Waals surface area (Å²) in [6, 6.07) is 5.55. The van der Waals surface area contributed by atoms with Crippen molar-refractivity contribution in [2.24, 2.45) is 11.8 Å². The molecule has 1 fully saturated rings. The van der Waals surface area contributed by atoms with Crippen molar-refractivity contribution in [3.8, 4) is 11.5 Å². The normalized spacial score (nSPS) is 25.1. The molecule has 1 N–H and O–H groups in total. The van der Waals surface area contributed by atoms with Crippen LogP contribution in [0, 0.1) is 11.8 Å². The minimum atomic E-state index is 0.334. The number of aromatic hydroxyl groups is 1. The van der Waals surface area contributed by atoms with Crippen LogP contribution in [0.3, 0.4) is 0 Å². The fourth-order valence-electron chi connectivity index (χ4n) is 2.54. The van der Waals surface area contributed by atoms with E-state index < -0.39 is 0 Å². The smallest absolute Gasteiger partial charge is 0.123 e. The number of benzene rings is 1. The second-order valence-corrected chi connectivity index (χ2v) is 5.47. The van der Waals surface area contributed by atoms with Crippen LogP contribution >= 0.6 is 0 Å². The number of rotatable bonds is 3. The molecule has 18 heavy (non-hydrogen) atoms. The van der Waals surface area contributed by atoms with Crippen LogP contribution in [0.15, 0.2) is 18.2 Å². The van der Waals surface area contributed by atoms with E-state index in [4.69, 9.17) is 4.74 Å². The summed E-state index contributed by atoms with van der Waals surface area (Å²) >= 11 is 0. The summed E-state index contributed by atoms with van der Waals surface area (Å²) < 4.78 is 5.10. The van der Waals surface area contributed by atoms with Gasteiger partial charge in [-0.15, -0.1) is 0 Å². The average molecular weight is 249 g/mol. The summed E-state index contributed by atoms with van der Waals surface area (Å²) in [7, 11) is 1.61. The first kappa shape index (κ1) is 13.2. The maximum Gasteiger partial charge on any atom is 0.123 e. The predicted molar refractivity (Wildman–Crippen MR) is 72.9 cm³/mol. The van der Waals surface area contributed by atoms with Gasteiger partial charge in [-0.3, -0.25) is 4.90 Å². The van der Waals surface area contributed by atoms with E-state index in [-0.39, 0.29) is 0 Å². The third-order valence-electron chi connectivity index (χ3n) is 4.10. The zero-order valence-corrected chi connectivity index (χ0v) is 11.5. The zero-order valence-electron chi connectivity index (χ0n) is 11.5. The van der Waals surface area contributed by atoms with Gasteiger partial charge in [-0.1, -0.05) is 19.9 Å². The molecule has 0 aromatic heterocycles. The molecule has 1 aromatic carbocycles. The molecule has 2 atom stereocenters. The number of hydrogen-bond acceptors (Lipinski definition) is 3. The highest BCUT2D eigenvalue weighted by Crippen LogP contribution is 2.28. The lowest BCUT2D eigenvalue weighted by atomic mass is 9.88. The zero-order chi connectivity index (χ0) is 13.1. The second kappa shape index (κ2) is 5.61. The van der Waals surface area contributed by atoms with Crippen molar-refractivity contribution in [3.05, 3.63) is 23.8 Å². The molecule has 0 amide bonds. The Labute approximate surface area is 109 Å². The van der Waals surface area contributed by atoms with E-state index in [0.717, 1.165) is 37.0 Å². The Morgan fingerprint density at radius 3 is 2.72 bits per heavy atom. The summed E-state index contributed by atoms with van der Waals surface area (Å²) in [4.78, 5) is 2.42. The van der Waals surface area contributed by atoms with Gasteiger partial charge in [0.25, 0.3) is 0 Å². The Hall–Kier alpha value is -1.22. The van der Waals surface area contributed by atoms with E-state index in [1.54, 1.807) is 13.2 Å². The van der Waals surface area contributed by atoms with Crippen LogP contribution in [-0.2, 0) is 6.54 Å². The minimum absolute atomic E-state index is 0.334. The van der Waals surface area contributed by atoms with Gasteiger partial charge in [-0.05, 0) is 30.9 Å². The van der Waals surface area contributed by atoms with Crippen molar-refractivity contribution in [2.75, 3.05) is 20.2 Å². The Balaban J connectivity index is 2.01. The standard InChI is InChI=1S/C15H23NO2/c1-11-6-7-16(9-12(11)2)10-13-4-5-14(18-3)8-15(13)17/h4-5,8,11-12,17H,6-7,9-10H2,1-3H3. The number of nitrogens with zero attached hydrogens (tertiary/aromatic N) is 1. The van der Waals surface area contributed by atoms with Crippen LogP contribution < -0.4 is 4.74 Å². The highest BCUT2D eigenvalue weighted by Gasteiger charge is 2.23. The highest BCUT2D eigenvalue weighted by atomic mass is 16.5. The fourth-order valence-corrected chi connectivity index (χ4v) is 2.54. The highest BCUT2D eigenvalue weighted by molar-refractivity contribution is 5.39. The molecule has 0 radical (unpaired) electrons. The summed E-state index contributed by atoms with van der Waals surface area (Å²) in [6.45, 7) is 7.70.